The summed E-state index contributed by atoms with van der Waals surface area (Å²) in [7, 11) is -6.14. The molecule has 0 bridgehead atoms. The minimum atomic E-state index is -4.04. The fraction of sp³-hybridized carbons (Fsp3) is 0.500. The third-order valence-electron chi connectivity index (χ3n) is 9.03. The van der Waals surface area contributed by atoms with Crippen LogP contribution in [-0.2, 0) is 50.9 Å². The lowest BCUT2D eigenvalue weighted by atomic mass is 10.0. The maximum atomic E-state index is 13.9. The van der Waals surface area contributed by atoms with Gasteiger partial charge in [0.05, 0.1) is 56.5 Å². The number of aliphatic hydroxyl groups is 1. The Morgan fingerprint density at radius 1 is 0.963 bits per heavy atom. The molecule has 0 spiro atoms. The van der Waals surface area contributed by atoms with Crippen LogP contribution in [-0.4, -0.2) is 94.8 Å². The normalized spacial score (nSPS) is 20.6. The highest BCUT2D eigenvalue weighted by Gasteiger charge is 2.44. The minimum Gasteiger partial charge on any atom is -0.497 e. The van der Waals surface area contributed by atoms with Crippen molar-refractivity contribution in [1.29, 1.82) is 0 Å². The van der Waals surface area contributed by atoms with E-state index in [1.807, 2.05) is 44.2 Å². The molecule has 0 saturated carbocycles. The van der Waals surface area contributed by atoms with Crippen molar-refractivity contribution in [2.45, 2.75) is 69.7 Å². The number of hydrogen-bond donors (Lipinski definition) is 2. The molecule has 5 rings (SSSR count). The summed E-state index contributed by atoms with van der Waals surface area (Å²) in [6.07, 6.45) is -2.57. The molecule has 2 heterocycles. The predicted molar refractivity (Wildman–Crippen MR) is 200 cm³/mol. The molecule has 2 N–H and O–H groups in total. The van der Waals surface area contributed by atoms with E-state index >= 15 is 0 Å². The van der Waals surface area contributed by atoms with Crippen LogP contribution in [0.3, 0.4) is 0 Å². The third kappa shape index (κ3) is 11.5. The summed E-state index contributed by atoms with van der Waals surface area (Å²) in [6, 6.07) is 21.2. The van der Waals surface area contributed by atoms with Gasteiger partial charge in [0, 0.05) is 13.1 Å². The maximum Gasteiger partial charge on any atom is 0.407 e. The van der Waals surface area contributed by atoms with Gasteiger partial charge >= 0.3 is 13.7 Å². The van der Waals surface area contributed by atoms with Gasteiger partial charge in [0.2, 0.25) is 10.0 Å². The van der Waals surface area contributed by atoms with Crippen molar-refractivity contribution >= 4 is 23.7 Å². The number of sulfonamides is 1. The number of aliphatic hydroxyl groups excluding tert-OH is 1. The first-order valence-electron chi connectivity index (χ1n) is 18.1. The molecule has 2 aliphatic rings. The van der Waals surface area contributed by atoms with Crippen LogP contribution in [0.15, 0.2) is 83.8 Å². The Balaban J connectivity index is 1.29. The Bertz CT molecular complexity index is 1780. The second-order valence-corrected chi connectivity index (χ2v) is 17.5. The number of hydrogen-bond acceptors (Lipinski definition) is 12. The summed E-state index contributed by atoms with van der Waals surface area (Å²) in [5.41, 5.74) is 1.54. The van der Waals surface area contributed by atoms with Gasteiger partial charge in [-0.15, -0.1) is 0 Å². The van der Waals surface area contributed by atoms with Crippen molar-refractivity contribution < 1.29 is 55.6 Å². The van der Waals surface area contributed by atoms with Gasteiger partial charge in [-0.25, -0.2) is 13.2 Å². The number of carbonyl (C=O) groups is 1. The smallest absolute Gasteiger partial charge is 0.407 e. The number of nitrogens with zero attached hydrogens (tertiary/aromatic N) is 1. The van der Waals surface area contributed by atoms with Crippen LogP contribution in [0.5, 0.6) is 11.5 Å². The Hall–Kier alpha value is -3.53. The number of benzene rings is 3. The first kappa shape index (κ1) is 41.6. The van der Waals surface area contributed by atoms with Gasteiger partial charge in [-0.1, -0.05) is 56.3 Å². The molecule has 14 nitrogen and oxygen atoms in total. The Morgan fingerprint density at radius 2 is 1.67 bits per heavy atom. The number of nitrogens with one attached hydrogen (secondary N) is 1. The average molecular weight is 791 g/mol. The van der Waals surface area contributed by atoms with Crippen LogP contribution in [0, 0.1) is 11.8 Å². The third-order valence-corrected chi connectivity index (χ3v) is 12.5. The van der Waals surface area contributed by atoms with Gasteiger partial charge in [0.15, 0.2) is 12.6 Å². The largest absolute Gasteiger partial charge is 0.497 e. The van der Waals surface area contributed by atoms with Crippen LogP contribution >= 0.6 is 7.60 Å². The van der Waals surface area contributed by atoms with Gasteiger partial charge in [-0.2, -0.15) is 4.31 Å². The van der Waals surface area contributed by atoms with E-state index < -0.39 is 48.3 Å². The van der Waals surface area contributed by atoms with Gasteiger partial charge in [0.1, 0.15) is 17.6 Å². The fourth-order valence-electron chi connectivity index (χ4n) is 6.25. The second kappa shape index (κ2) is 19.4. The molecule has 54 heavy (non-hydrogen) atoms. The SMILES string of the molecule is CCOP(=O)(COc1ccc(C[C@H](NC(=O)O[C@H]2CO[C@H]3OCC[C@H]32)[C@H](O)CN(CC(C)C)S(=O)(=O)c2ccc(OC)cc2)cc1)OCc1ccccc1. The van der Waals surface area contributed by atoms with E-state index in [0.717, 1.165) is 5.56 Å². The van der Waals surface area contributed by atoms with Crippen molar-refractivity contribution in [3.05, 3.63) is 90.0 Å². The lowest BCUT2D eigenvalue weighted by Crippen LogP contribution is -2.51. The molecular weight excluding hydrogens is 739 g/mol. The van der Waals surface area contributed by atoms with Crippen molar-refractivity contribution in [3.63, 3.8) is 0 Å². The summed E-state index contributed by atoms with van der Waals surface area (Å²) in [5, 5.41) is 14.5. The van der Waals surface area contributed by atoms with Crippen molar-refractivity contribution in [2.24, 2.45) is 11.8 Å². The highest BCUT2D eigenvalue weighted by molar-refractivity contribution is 7.89. The Labute approximate surface area is 317 Å². The van der Waals surface area contributed by atoms with Crippen LogP contribution in [0.4, 0.5) is 4.79 Å². The van der Waals surface area contributed by atoms with E-state index in [2.05, 4.69) is 5.32 Å². The second-order valence-electron chi connectivity index (χ2n) is 13.6. The van der Waals surface area contributed by atoms with Gasteiger partial charge < -0.3 is 43.2 Å². The van der Waals surface area contributed by atoms with E-state index in [-0.39, 0.29) is 62.4 Å². The standard InChI is InChI=1S/C38H51N2O12PS/c1-5-50-53(43,51-24-29-9-7-6-8-10-29)26-49-31-13-11-28(12-14-31)21-34(39-38(42)52-36-25-48-37-33(36)19-20-47-37)35(41)23-40(22-27(2)3)54(44,45)32-17-15-30(46-4)16-18-32/h6-18,27,33-37,41H,5,19-26H2,1-4H3,(H,39,42)/t33-,34-,35+,36-,37+,53?/m0/s1. The average Bonchev–Trinajstić information content (AvgIpc) is 3.79. The summed E-state index contributed by atoms with van der Waals surface area (Å²) < 4.78 is 81.3. The molecule has 3 aromatic rings. The molecular formula is C38H51N2O12PS. The monoisotopic (exact) mass is 790 g/mol. The molecule has 296 valence electrons. The lowest BCUT2D eigenvalue weighted by molar-refractivity contribution is -0.0907. The Kier molecular flexibility index (Phi) is 14.9. The quantitative estimate of drug-likeness (QED) is 0.137. The van der Waals surface area contributed by atoms with E-state index in [1.165, 1.54) is 23.5 Å². The maximum absolute atomic E-state index is 13.9. The first-order valence-corrected chi connectivity index (χ1v) is 21.2. The van der Waals surface area contributed by atoms with Gasteiger partial charge in [-0.05, 0) is 73.2 Å². The molecule has 0 aromatic heterocycles. The summed E-state index contributed by atoms with van der Waals surface area (Å²) in [4.78, 5) is 13.4. The summed E-state index contributed by atoms with van der Waals surface area (Å²) in [6.45, 7) is 6.27. The molecule has 6 atom stereocenters. The summed E-state index contributed by atoms with van der Waals surface area (Å²) >= 11 is 0. The molecule has 1 amide bonds. The highest BCUT2D eigenvalue weighted by atomic mass is 32.2. The molecule has 2 fully saturated rings. The number of alkyl carbamates (subject to hydrolysis) is 1. The molecule has 0 aliphatic carbocycles. The minimum absolute atomic E-state index is 0.0459. The van der Waals surface area contributed by atoms with Gasteiger partial charge in [-0.3, -0.25) is 4.57 Å². The zero-order chi connectivity index (χ0) is 38.7. The number of methoxy groups -OCH3 is 1. The van der Waals surface area contributed by atoms with E-state index in [9.17, 15) is 22.9 Å². The van der Waals surface area contributed by atoms with Crippen LogP contribution in [0.2, 0.25) is 0 Å². The number of amides is 1. The number of fused-ring (bicyclic) bond motifs is 1. The predicted octanol–water partition coefficient (Wildman–Crippen LogP) is 5.58. The summed E-state index contributed by atoms with van der Waals surface area (Å²) in [5.74, 6) is 0.741. The first-order chi connectivity index (χ1) is 25.9. The van der Waals surface area contributed by atoms with E-state index in [4.69, 9.17) is 32.7 Å². The highest BCUT2D eigenvalue weighted by Crippen LogP contribution is 2.49. The molecule has 3 aromatic carbocycles. The van der Waals surface area contributed by atoms with Crippen LogP contribution in [0.25, 0.3) is 0 Å². The van der Waals surface area contributed by atoms with Crippen LogP contribution in [0.1, 0.15) is 38.3 Å². The molecule has 1 unspecified atom stereocenters. The number of rotatable bonds is 20. The molecule has 2 aliphatic heterocycles. The Morgan fingerprint density at radius 3 is 2.33 bits per heavy atom. The molecule has 16 heteroatoms. The van der Waals surface area contributed by atoms with E-state index in [1.54, 1.807) is 43.3 Å². The van der Waals surface area contributed by atoms with Crippen molar-refractivity contribution in [1.82, 2.24) is 9.62 Å². The van der Waals surface area contributed by atoms with Crippen molar-refractivity contribution in [3.8, 4) is 11.5 Å². The fourth-order valence-corrected chi connectivity index (χ4v) is 9.14. The topological polar surface area (TPSA) is 168 Å². The number of carbonyl (C=O) groups excluding carboxylic acids is 1. The van der Waals surface area contributed by atoms with Crippen LogP contribution < -0.4 is 14.8 Å². The number of ether oxygens (including phenoxy) is 5. The van der Waals surface area contributed by atoms with Gasteiger partial charge in [0.25, 0.3) is 0 Å². The van der Waals surface area contributed by atoms with Crippen molar-refractivity contribution in [2.75, 3.05) is 46.4 Å². The zero-order valence-corrected chi connectivity index (χ0v) is 32.8. The lowest BCUT2D eigenvalue weighted by Gasteiger charge is -2.31. The molecule has 0 radical (unpaired) electrons. The van der Waals surface area contributed by atoms with E-state index in [0.29, 0.717) is 30.1 Å². The zero-order valence-electron chi connectivity index (χ0n) is 31.1. The molecule has 2 saturated heterocycles.